The van der Waals surface area contributed by atoms with Gasteiger partial charge in [0.1, 0.15) is 18.2 Å². The highest BCUT2D eigenvalue weighted by Crippen LogP contribution is 2.37. The number of halogens is 2. The third-order valence-electron chi connectivity index (χ3n) is 8.05. The monoisotopic (exact) mass is 629 g/mol. The Labute approximate surface area is 267 Å². The molecule has 4 aromatic carbocycles. The Morgan fingerprint density at radius 3 is 2.23 bits per heavy atom. The number of carbonyl (C=O) groups excluding carboxylic acids is 1. The minimum Gasteiger partial charge on any atom is -0.489 e. The van der Waals surface area contributed by atoms with Gasteiger partial charge in [-0.05, 0) is 96.3 Å². The topological polar surface area (TPSA) is 84.7 Å². The first kappa shape index (κ1) is 31.1. The van der Waals surface area contributed by atoms with E-state index in [4.69, 9.17) is 21.3 Å². The number of carbonyl (C=O) groups is 2. The van der Waals surface area contributed by atoms with Crippen LogP contribution in [0.2, 0.25) is 5.02 Å². The lowest BCUT2D eigenvalue weighted by Crippen LogP contribution is -2.21. The molecule has 1 N–H and O–H groups in total. The zero-order chi connectivity index (χ0) is 30.1. The number of aromatic nitrogens is 2. The molecule has 1 saturated carbocycles. The maximum absolute atomic E-state index is 12.7. The summed E-state index contributed by atoms with van der Waals surface area (Å²) < 4.78 is 8.52. The fraction of sp³-hybridized carbons (Fsp3) is 0.229. The van der Waals surface area contributed by atoms with Crippen molar-refractivity contribution >= 4 is 46.9 Å². The summed E-state index contributed by atoms with van der Waals surface area (Å²) in [4.78, 5) is 30.8. The molecule has 1 aliphatic carbocycles. The van der Waals surface area contributed by atoms with Crippen molar-refractivity contribution in [3.05, 3.63) is 107 Å². The van der Waals surface area contributed by atoms with Gasteiger partial charge in [-0.15, -0.1) is 12.4 Å². The standard InChI is InChI=1S/C35H32ClN3O4.ClH/c1-38(2)34(40)24-11-17-30(22-7-13-27(36)14-8-22)26(19-24)21-43-29-15-9-23(10-16-29)33-37-31-20-25(35(41)42)12-18-32(31)39(33)28-5-3-4-6-28;/h7-20,28H,3-6,21H2,1-2H3,(H,41,42);1H. The summed E-state index contributed by atoms with van der Waals surface area (Å²) >= 11 is 6.12. The van der Waals surface area contributed by atoms with E-state index in [1.54, 1.807) is 31.1 Å². The highest BCUT2D eigenvalue weighted by atomic mass is 35.5. The van der Waals surface area contributed by atoms with Gasteiger partial charge in [-0.2, -0.15) is 0 Å². The molecule has 1 amide bonds. The van der Waals surface area contributed by atoms with Crippen LogP contribution in [0.4, 0.5) is 0 Å². The first-order valence-corrected chi connectivity index (χ1v) is 14.8. The number of carboxylic acids is 1. The Morgan fingerprint density at radius 2 is 1.57 bits per heavy atom. The summed E-state index contributed by atoms with van der Waals surface area (Å²) in [5.74, 6) is 0.479. The Kier molecular flexibility index (Phi) is 9.28. The normalized spacial score (nSPS) is 13.1. The van der Waals surface area contributed by atoms with Gasteiger partial charge in [0.2, 0.25) is 0 Å². The van der Waals surface area contributed by atoms with Gasteiger partial charge in [0.25, 0.3) is 5.91 Å². The second-order valence-corrected chi connectivity index (χ2v) is 11.6. The Hall–Kier alpha value is -4.33. The maximum atomic E-state index is 12.7. The molecule has 1 aromatic heterocycles. The molecule has 5 aromatic rings. The Bertz CT molecular complexity index is 1810. The molecular formula is C35H33Cl2N3O4. The van der Waals surface area contributed by atoms with Crippen LogP contribution in [-0.2, 0) is 6.61 Å². The van der Waals surface area contributed by atoms with Gasteiger partial charge in [-0.3, -0.25) is 4.79 Å². The van der Waals surface area contributed by atoms with Crippen LogP contribution in [0.3, 0.4) is 0 Å². The molecule has 1 aliphatic rings. The van der Waals surface area contributed by atoms with Crippen molar-refractivity contribution < 1.29 is 19.4 Å². The highest BCUT2D eigenvalue weighted by Gasteiger charge is 2.24. The van der Waals surface area contributed by atoms with Gasteiger partial charge in [-0.1, -0.05) is 42.6 Å². The maximum Gasteiger partial charge on any atom is 0.335 e. The largest absolute Gasteiger partial charge is 0.489 e. The van der Waals surface area contributed by atoms with Gasteiger partial charge in [0.15, 0.2) is 0 Å². The molecule has 0 bridgehead atoms. The molecule has 6 rings (SSSR count). The molecule has 226 valence electrons. The van der Waals surface area contributed by atoms with E-state index in [-0.39, 0.29) is 30.5 Å². The van der Waals surface area contributed by atoms with Crippen LogP contribution in [0, 0.1) is 0 Å². The molecule has 0 spiro atoms. The number of nitrogens with zero attached hydrogens (tertiary/aromatic N) is 3. The number of benzene rings is 4. The van der Waals surface area contributed by atoms with E-state index in [1.165, 1.54) is 12.8 Å². The van der Waals surface area contributed by atoms with E-state index in [9.17, 15) is 14.7 Å². The molecule has 0 unspecified atom stereocenters. The van der Waals surface area contributed by atoms with E-state index >= 15 is 0 Å². The van der Waals surface area contributed by atoms with Crippen molar-refractivity contribution in [2.45, 2.75) is 38.3 Å². The van der Waals surface area contributed by atoms with E-state index in [1.807, 2.05) is 72.8 Å². The number of carboxylic acid groups (broad SMARTS) is 1. The Morgan fingerprint density at radius 1 is 0.909 bits per heavy atom. The highest BCUT2D eigenvalue weighted by molar-refractivity contribution is 6.30. The molecule has 1 fully saturated rings. The van der Waals surface area contributed by atoms with Crippen molar-refractivity contribution in [3.63, 3.8) is 0 Å². The van der Waals surface area contributed by atoms with Crippen LogP contribution in [0.15, 0.2) is 84.9 Å². The van der Waals surface area contributed by atoms with E-state index < -0.39 is 5.97 Å². The minimum atomic E-state index is -0.962. The average molecular weight is 631 g/mol. The second kappa shape index (κ2) is 13.1. The van der Waals surface area contributed by atoms with Crippen molar-refractivity contribution in [3.8, 4) is 28.3 Å². The molecule has 44 heavy (non-hydrogen) atoms. The summed E-state index contributed by atoms with van der Waals surface area (Å²) in [6, 6.07) is 26.6. The molecule has 0 radical (unpaired) electrons. The number of imidazole rings is 1. The van der Waals surface area contributed by atoms with Crippen molar-refractivity contribution in [1.82, 2.24) is 14.5 Å². The summed E-state index contributed by atoms with van der Waals surface area (Å²) in [6.45, 7) is 0.268. The number of ether oxygens (including phenoxy) is 1. The van der Waals surface area contributed by atoms with Gasteiger partial charge in [0, 0.05) is 36.3 Å². The lowest BCUT2D eigenvalue weighted by molar-refractivity contribution is 0.0696. The van der Waals surface area contributed by atoms with E-state index in [0.29, 0.717) is 27.9 Å². The second-order valence-electron chi connectivity index (χ2n) is 11.1. The zero-order valence-corrected chi connectivity index (χ0v) is 26.1. The summed E-state index contributed by atoms with van der Waals surface area (Å²) in [5, 5.41) is 10.2. The van der Waals surface area contributed by atoms with Crippen LogP contribution in [0.25, 0.3) is 33.5 Å². The first-order chi connectivity index (χ1) is 20.8. The fourth-order valence-corrected chi connectivity index (χ4v) is 5.97. The molecular weight excluding hydrogens is 597 g/mol. The predicted octanol–water partition coefficient (Wildman–Crippen LogP) is 8.54. The van der Waals surface area contributed by atoms with Gasteiger partial charge in [-0.25, -0.2) is 9.78 Å². The number of hydrogen-bond donors (Lipinski definition) is 1. The molecule has 0 aliphatic heterocycles. The predicted molar refractivity (Wildman–Crippen MR) is 176 cm³/mol. The average Bonchev–Trinajstić information content (AvgIpc) is 3.68. The minimum absolute atomic E-state index is 0. The number of hydrogen-bond acceptors (Lipinski definition) is 4. The van der Waals surface area contributed by atoms with Crippen molar-refractivity contribution in [1.29, 1.82) is 0 Å². The summed E-state index contributed by atoms with van der Waals surface area (Å²) in [6.07, 6.45) is 4.49. The molecule has 9 heteroatoms. The quantitative estimate of drug-likeness (QED) is 0.186. The van der Waals surface area contributed by atoms with Crippen LogP contribution in [0.5, 0.6) is 5.75 Å². The summed E-state index contributed by atoms with van der Waals surface area (Å²) in [7, 11) is 3.47. The van der Waals surface area contributed by atoms with E-state index in [2.05, 4.69) is 4.57 Å². The van der Waals surface area contributed by atoms with Gasteiger partial charge >= 0.3 is 5.97 Å². The van der Waals surface area contributed by atoms with Crippen LogP contribution < -0.4 is 4.74 Å². The molecule has 7 nitrogen and oxygen atoms in total. The molecule has 0 saturated heterocycles. The number of aromatic carboxylic acids is 1. The number of rotatable bonds is 8. The molecule has 0 atom stereocenters. The Balaban J connectivity index is 0.00000384. The first-order valence-electron chi connectivity index (χ1n) is 14.4. The van der Waals surface area contributed by atoms with Crippen LogP contribution in [0.1, 0.15) is 58.0 Å². The van der Waals surface area contributed by atoms with Gasteiger partial charge < -0.3 is 19.3 Å². The third kappa shape index (κ3) is 6.30. The smallest absolute Gasteiger partial charge is 0.335 e. The number of amides is 1. The van der Waals surface area contributed by atoms with Crippen LogP contribution in [-0.4, -0.2) is 45.5 Å². The zero-order valence-electron chi connectivity index (χ0n) is 24.5. The lowest BCUT2D eigenvalue weighted by atomic mass is 9.97. The SMILES string of the molecule is CN(C)C(=O)c1ccc(-c2ccc(Cl)cc2)c(COc2ccc(-c3nc4cc(C(=O)O)ccc4n3C3CCCC3)cc2)c1.Cl. The van der Waals surface area contributed by atoms with E-state index in [0.717, 1.165) is 46.4 Å². The van der Waals surface area contributed by atoms with Gasteiger partial charge in [0.05, 0.1) is 16.6 Å². The third-order valence-corrected chi connectivity index (χ3v) is 8.30. The number of fused-ring (bicyclic) bond motifs is 1. The fourth-order valence-electron chi connectivity index (χ4n) is 5.84. The molecule has 1 heterocycles. The van der Waals surface area contributed by atoms with Crippen LogP contribution >= 0.6 is 24.0 Å². The lowest BCUT2D eigenvalue weighted by Gasteiger charge is -2.17. The summed E-state index contributed by atoms with van der Waals surface area (Å²) in [5.41, 5.74) is 6.23. The van der Waals surface area contributed by atoms with Crippen molar-refractivity contribution in [2.24, 2.45) is 0 Å². The van der Waals surface area contributed by atoms with Crippen molar-refractivity contribution in [2.75, 3.05) is 14.1 Å².